The molecule has 0 saturated heterocycles. The van der Waals surface area contributed by atoms with E-state index >= 15 is 0 Å². The Kier molecular flexibility index (Phi) is 3.66. The van der Waals surface area contributed by atoms with Crippen molar-refractivity contribution in [2.45, 2.75) is 24.7 Å². The summed E-state index contributed by atoms with van der Waals surface area (Å²) in [6, 6.07) is 13.7. The molecule has 4 rings (SSSR count). The first-order valence-electron chi connectivity index (χ1n) is 8.10. The maximum absolute atomic E-state index is 12.9. The van der Waals surface area contributed by atoms with Crippen LogP contribution in [0.1, 0.15) is 35.8 Å². The second-order valence-corrected chi connectivity index (χ2v) is 6.26. The van der Waals surface area contributed by atoms with Crippen LogP contribution < -0.4 is 5.73 Å². The summed E-state index contributed by atoms with van der Waals surface area (Å²) in [4.78, 5) is 12.9. The summed E-state index contributed by atoms with van der Waals surface area (Å²) in [5.41, 5.74) is 8.60. The maximum atomic E-state index is 12.9. The van der Waals surface area contributed by atoms with Crippen LogP contribution in [0.5, 0.6) is 0 Å². The van der Waals surface area contributed by atoms with Crippen LogP contribution >= 0.6 is 0 Å². The standard InChI is InChI=1S/C20H16N2O3/c21-10-15-18(13-6-7-24-11-13)19-16(23)8-14(9-17(19)25-20(15)22)12-4-2-1-3-5-12/h1-7,11,14,18H,8-9,22H2/t14-,18-/m0/s1. The molecule has 1 aromatic carbocycles. The highest BCUT2D eigenvalue weighted by molar-refractivity contribution is 6.00. The Balaban J connectivity index is 1.78. The van der Waals surface area contributed by atoms with Crippen molar-refractivity contribution in [2.75, 3.05) is 0 Å². The molecule has 5 nitrogen and oxygen atoms in total. The number of nitrogens with two attached hydrogens (primary N) is 1. The molecule has 2 heterocycles. The highest BCUT2D eigenvalue weighted by Gasteiger charge is 2.41. The van der Waals surface area contributed by atoms with Gasteiger partial charge in [-0.2, -0.15) is 5.26 Å². The molecule has 0 unspecified atom stereocenters. The van der Waals surface area contributed by atoms with Gasteiger partial charge in [-0.05, 0) is 17.5 Å². The number of nitriles is 1. The van der Waals surface area contributed by atoms with E-state index in [1.54, 1.807) is 12.3 Å². The number of hydrogen-bond donors (Lipinski definition) is 1. The van der Waals surface area contributed by atoms with Gasteiger partial charge in [0.2, 0.25) is 5.88 Å². The molecule has 1 aliphatic heterocycles. The van der Waals surface area contributed by atoms with Crippen LogP contribution in [-0.2, 0) is 9.53 Å². The Morgan fingerprint density at radius 1 is 1.12 bits per heavy atom. The number of carbonyl (C=O) groups excluding carboxylic acids is 1. The summed E-state index contributed by atoms with van der Waals surface area (Å²) >= 11 is 0. The molecule has 2 N–H and O–H groups in total. The molecular weight excluding hydrogens is 316 g/mol. The molecule has 0 spiro atoms. The number of furan rings is 1. The van der Waals surface area contributed by atoms with E-state index < -0.39 is 5.92 Å². The number of benzene rings is 1. The largest absolute Gasteiger partial charge is 0.472 e. The number of carbonyl (C=O) groups is 1. The normalized spacial score (nSPS) is 23.1. The molecule has 1 aromatic heterocycles. The first-order chi connectivity index (χ1) is 12.2. The Labute approximate surface area is 145 Å². The summed E-state index contributed by atoms with van der Waals surface area (Å²) in [7, 11) is 0. The Hall–Kier alpha value is -3.26. The lowest BCUT2D eigenvalue weighted by molar-refractivity contribution is -0.117. The molecule has 2 aromatic rings. The fourth-order valence-corrected chi connectivity index (χ4v) is 3.64. The summed E-state index contributed by atoms with van der Waals surface area (Å²) in [5, 5.41) is 9.50. The second-order valence-electron chi connectivity index (χ2n) is 6.26. The lowest BCUT2D eigenvalue weighted by Gasteiger charge is -2.33. The van der Waals surface area contributed by atoms with Crippen LogP contribution in [0.15, 0.2) is 76.1 Å². The van der Waals surface area contributed by atoms with Crippen molar-refractivity contribution < 1.29 is 13.9 Å². The average Bonchev–Trinajstić information content (AvgIpc) is 3.15. The predicted octanol–water partition coefficient (Wildman–Crippen LogP) is 3.49. The molecule has 0 bridgehead atoms. The Bertz CT molecular complexity index is 918. The van der Waals surface area contributed by atoms with E-state index in [1.165, 1.54) is 6.26 Å². The zero-order chi connectivity index (χ0) is 17.4. The van der Waals surface area contributed by atoms with E-state index in [2.05, 4.69) is 6.07 Å². The van der Waals surface area contributed by atoms with Crippen LogP contribution in [0.4, 0.5) is 0 Å². The van der Waals surface area contributed by atoms with Crippen LogP contribution in [0.2, 0.25) is 0 Å². The van der Waals surface area contributed by atoms with Gasteiger partial charge in [-0.25, -0.2) is 0 Å². The zero-order valence-electron chi connectivity index (χ0n) is 13.4. The Morgan fingerprint density at radius 3 is 2.60 bits per heavy atom. The number of ketones is 1. The highest BCUT2D eigenvalue weighted by Crippen LogP contribution is 2.46. The average molecular weight is 332 g/mol. The fourth-order valence-electron chi connectivity index (χ4n) is 3.64. The highest BCUT2D eigenvalue weighted by atomic mass is 16.5. The van der Waals surface area contributed by atoms with Gasteiger partial charge in [-0.15, -0.1) is 0 Å². The molecule has 0 saturated carbocycles. The van der Waals surface area contributed by atoms with E-state index in [-0.39, 0.29) is 23.2 Å². The summed E-state index contributed by atoms with van der Waals surface area (Å²) < 4.78 is 10.9. The van der Waals surface area contributed by atoms with Crippen molar-refractivity contribution in [1.82, 2.24) is 0 Å². The molecule has 0 radical (unpaired) electrons. The molecule has 5 heteroatoms. The zero-order valence-corrected chi connectivity index (χ0v) is 13.4. The van der Waals surface area contributed by atoms with Crippen molar-refractivity contribution in [3.05, 3.63) is 82.8 Å². The number of nitrogens with zero attached hydrogens (tertiary/aromatic N) is 1. The first-order valence-corrected chi connectivity index (χ1v) is 8.10. The minimum absolute atomic E-state index is 0.0125. The molecule has 2 atom stereocenters. The van der Waals surface area contributed by atoms with Gasteiger partial charge in [0, 0.05) is 24.0 Å². The molecule has 0 fully saturated rings. The van der Waals surface area contributed by atoms with E-state index in [1.807, 2.05) is 30.3 Å². The third-order valence-corrected chi connectivity index (χ3v) is 4.81. The van der Waals surface area contributed by atoms with Gasteiger partial charge in [0.05, 0.1) is 18.4 Å². The Morgan fingerprint density at radius 2 is 1.92 bits per heavy atom. The summed E-state index contributed by atoms with van der Waals surface area (Å²) in [6.45, 7) is 0. The van der Waals surface area contributed by atoms with Crippen LogP contribution in [0, 0.1) is 11.3 Å². The second kappa shape index (κ2) is 5.99. The van der Waals surface area contributed by atoms with E-state index in [9.17, 15) is 10.1 Å². The summed E-state index contributed by atoms with van der Waals surface area (Å²) in [5.74, 6) is 0.147. The third kappa shape index (κ3) is 2.52. The molecule has 2 aliphatic rings. The minimum Gasteiger partial charge on any atom is -0.472 e. The van der Waals surface area contributed by atoms with Crippen LogP contribution in [0.25, 0.3) is 0 Å². The summed E-state index contributed by atoms with van der Waals surface area (Å²) in [6.07, 6.45) is 4.04. The van der Waals surface area contributed by atoms with Crippen LogP contribution in [0.3, 0.4) is 0 Å². The van der Waals surface area contributed by atoms with Gasteiger partial charge in [-0.3, -0.25) is 4.79 Å². The number of allylic oxidation sites excluding steroid dienone is 3. The monoisotopic (exact) mass is 332 g/mol. The molecule has 124 valence electrons. The SMILES string of the molecule is N#CC1=C(N)OC2=C(C(=O)C[C@H](c3ccccc3)C2)[C@H]1c1ccoc1. The molecule has 1 aliphatic carbocycles. The number of Topliss-reactive ketones (excluding diaryl/α,β-unsaturated/α-hetero) is 1. The minimum atomic E-state index is -0.517. The van der Waals surface area contributed by atoms with Crippen molar-refractivity contribution in [3.63, 3.8) is 0 Å². The van der Waals surface area contributed by atoms with Crippen LogP contribution in [-0.4, -0.2) is 5.78 Å². The van der Waals surface area contributed by atoms with Crippen molar-refractivity contribution in [2.24, 2.45) is 5.73 Å². The fraction of sp³-hybridized carbons (Fsp3) is 0.200. The van der Waals surface area contributed by atoms with Gasteiger partial charge in [0.15, 0.2) is 5.78 Å². The van der Waals surface area contributed by atoms with Gasteiger partial charge < -0.3 is 14.9 Å². The third-order valence-electron chi connectivity index (χ3n) is 4.81. The smallest absolute Gasteiger partial charge is 0.205 e. The number of hydrogen-bond acceptors (Lipinski definition) is 5. The van der Waals surface area contributed by atoms with Gasteiger partial charge in [-0.1, -0.05) is 30.3 Å². The predicted molar refractivity (Wildman–Crippen MR) is 89.8 cm³/mol. The molecular formula is C20H16N2O3. The van der Waals surface area contributed by atoms with Crippen molar-refractivity contribution >= 4 is 5.78 Å². The van der Waals surface area contributed by atoms with E-state index in [4.69, 9.17) is 14.9 Å². The van der Waals surface area contributed by atoms with Gasteiger partial charge in [0.1, 0.15) is 17.4 Å². The lowest BCUT2D eigenvalue weighted by atomic mass is 9.74. The number of rotatable bonds is 2. The maximum Gasteiger partial charge on any atom is 0.205 e. The van der Waals surface area contributed by atoms with Gasteiger partial charge >= 0.3 is 0 Å². The lowest BCUT2D eigenvalue weighted by Crippen LogP contribution is -2.29. The molecule has 25 heavy (non-hydrogen) atoms. The molecule has 0 amide bonds. The van der Waals surface area contributed by atoms with E-state index in [0.717, 1.165) is 11.1 Å². The first kappa shape index (κ1) is 15.3. The number of ether oxygens (including phenoxy) is 1. The quantitative estimate of drug-likeness (QED) is 0.909. The van der Waals surface area contributed by atoms with Crippen molar-refractivity contribution in [1.29, 1.82) is 5.26 Å². The van der Waals surface area contributed by atoms with Crippen molar-refractivity contribution in [3.8, 4) is 6.07 Å². The topological polar surface area (TPSA) is 89.3 Å². The van der Waals surface area contributed by atoms with E-state index in [0.29, 0.717) is 24.2 Å². The van der Waals surface area contributed by atoms with Gasteiger partial charge in [0.25, 0.3) is 0 Å².